The molecule has 0 fully saturated rings. The minimum absolute atomic E-state index is 0.0703. The quantitative estimate of drug-likeness (QED) is 0.938. The van der Waals surface area contributed by atoms with E-state index in [9.17, 15) is 13.6 Å². The molecule has 2 aromatic rings. The maximum atomic E-state index is 13.6. The van der Waals surface area contributed by atoms with Crippen LogP contribution < -0.4 is 5.32 Å². The molecule has 0 radical (unpaired) electrons. The Hall–Kier alpha value is -2.24. The monoisotopic (exact) mass is 279 g/mol. The number of benzene rings is 1. The lowest BCUT2D eigenvalue weighted by Gasteiger charge is -2.19. The van der Waals surface area contributed by atoms with Crippen LogP contribution in [0.4, 0.5) is 14.5 Å². The number of carbonyl (C=O) groups is 1. The Balaban J connectivity index is 2.43. The smallest absolute Gasteiger partial charge is 0.244 e. The average Bonchev–Trinajstić information content (AvgIpc) is 2.38. The lowest BCUT2D eigenvalue weighted by molar-refractivity contribution is -0.129. The molecule has 1 atom stereocenters. The molecule has 106 valence electrons. The van der Waals surface area contributed by atoms with E-state index in [0.29, 0.717) is 11.1 Å². The van der Waals surface area contributed by atoms with Crippen molar-refractivity contribution in [2.24, 2.45) is 0 Å². The third-order valence-electron chi connectivity index (χ3n) is 2.95. The number of hydrogen-bond donors (Lipinski definition) is 1. The van der Waals surface area contributed by atoms with Crippen molar-refractivity contribution in [3.63, 3.8) is 0 Å². The number of likely N-dealkylation sites (N-methyl/N-ethyl adjacent to an activating group) is 1. The van der Waals surface area contributed by atoms with Crippen molar-refractivity contribution in [2.75, 3.05) is 19.4 Å². The van der Waals surface area contributed by atoms with Crippen LogP contribution >= 0.6 is 0 Å². The Morgan fingerprint density at radius 2 is 2.05 bits per heavy atom. The Labute approximate surface area is 115 Å². The van der Waals surface area contributed by atoms with Crippen LogP contribution in [0.15, 0.2) is 24.4 Å². The van der Waals surface area contributed by atoms with Crippen LogP contribution in [0.5, 0.6) is 0 Å². The van der Waals surface area contributed by atoms with Crippen LogP contribution in [-0.2, 0) is 4.79 Å². The second-order valence-electron chi connectivity index (χ2n) is 4.74. The third kappa shape index (κ3) is 2.68. The van der Waals surface area contributed by atoms with Gasteiger partial charge in [0.1, 0.15) is 17.4 Å². The normalized spacial score (nSPS) is 12.2. The predicted octanol–water partition coefficient (Wildman–Crippen LogP) is 2.40. The summed E-state index contributed by atoms with van der Waals surface area (Å²) in [6, 6.07) is 3.05. The predicted molar refractivity (Wildman–Crippen MR) is 73.4 cm³/mol. The lowest BCUT2D eigenvalue weighted by atomic mass is 10.1. The van der Waals surface area contributed by atoms with Gasteiger partial charge in [-0.15, -0.1) is 0 Å². The Morgan fingerprint density at radius 1 is 1.35 bits per heavy atom. The van der Waals surface area contributed by atoms with Gasteiger partial charge in [-0.2, -0.15) is 0 Å². The van der Waals surface area contributed by atoms with Crippen LogP contribution in [0.1, 0.15) is 6.92 Å². The fourth-order valence-electron chi connectivity index (χ4n) is 1.99. The van der Waals surface area contributed by atoms with Crippen LogP contribution in [0.25, 0.3) is 10.9 Å². The summed E-state index contributed by atoms with van der Waals surface area (Å²) in [4.78, 5) is 17.2. The number of nitrogens with one attached hydrogen (secondary N) is 1. The molecule has 20 heavy (non-hydrogen) atoms. The van der Waals surface area contributed by atoms with Gasteiger partial charge >= 0.3 is 0 Å². The average molecular weight is 279 g/mol. The van der Waals surface area contributed by atoms with Crippen LogP contribution in [-0.4, -0.2) is 35.9 Å². The highest BCUT2D eigenvalue weighted by Gasteiger charge is 2.16. The molecule has 0 saturated heterocycles. The number of anilines is 1. The molecule has 0 aliphatic rings. The minimum Gasteiger partial charge on any atom is -0.373 e. The molecule has 1 aromatic carbocycles. The minimum atomic E-state index is -0.727. The Morgan fingerprint density at radius 3 is 2.70 bits per heavy atom. The summed E-state index contributed by atoms with van der Waals surface area (Å²) in [6.07, 6.45) is 1.42. The fourth-order valence-corrected chi connectivity index (χ4v) is 1.99. The van der Waals surface area contributed by atoms with E-state index in [0.717, 1.165) is 6.07 Å². The molecule has 1 aromatic heterocycles. The molecule has 1 N–H and O–H groups in total. The van der Waals surface area contributed by atoms with E-state index in [-0.39, 0.29) is 11.4 Å². The first-order valence-corrected chi connectivity index (χ1v) is 6.11. The molecule has 0 aliphatic carbocycles. The van der Waals surface area contributed by atoms with E-state index in [1.54, 1.807) is 27.1 Å². The van der Waals surface area contributed by atoms with Crippen molar-refractivity contribution in [3.8, 4) is 0 Å². The standard InChI is InChI=1S/C14H15F2N3O/c1-8(14(20)19(2)3)18-12-4-5-17-13-10(12)6-9(15)7-11(13)16/h4-8H,1-3H3,(H,17,18)/t8-/m0/s1. The maximum absolute atomic E-state index is 13.6. The van der Waals surface area contributed by atoms with E-state index in [4.69, 9.17) is 0 Å². The number of aromatic nitrogens is 1. The molecule has 2 rings (SSSR count). The topological polar surface area (TPSA) is 45.2 Å². The summed E-state index contributed by atoms with van der Waals surface area (Å²) in [5.41, 5.74) is 0.539. The van der Waals surface area contributed by atoms with Gasteiger partial charge in [-0.25, -0.2) is 8.78 Å². The summed E-state index contributed by atoms with van der Waals surface area (Å²) in [6.45, 7) is 1.68. The summed E-state index contributed by atoms with van der Waals surface area (Å²) < 4.78 is 27.0. The first kappa shape index (κ1) is 14.2. The van der Waals surface area contributed by atoms with E-state index in [1.807, 2.05) is 0 Å². The second kappa shape index (κ2) is 5.40. The van der Waals surface area contributed by atoms with Crippen molar-refractivity contribution in [3.05, 3.63) is 36.0 Å². The molecule has 1 heterocycles. The van der Waals surface area contributed by atoms with E-state index in [2.05, 4.69) is 10.3 Å². The number of pyridine rings is 1. The number of hydrogen-bond acceptors (Lipinski definition) is 3. The van der Waals surface area contributed by atoms with Gasteiger partial charge in [0.25, 0.3) is 0 Å². The number of carbonyl (C=O) groups excluding carboxylic acids is 1. The van der Waals surface area contributed by atoms with Crippen molar-refractivity contribution in [1.82, 2.24) is 9.88 Å². The molecular weight excluding hydrogens is 264 g/mol. The zero-order valence-electron chi connectivity index (χ0n) is 11.4. The number of rotatable bonds is 3. The van der Waals surface area contributed by atoms with Crippen molar-refractivity contribution in [2.45, 2.75) is 13.0 Å². The summed E-state index contributed by atoms with van der Waals surface area (Å²) in [5.74, 6) is -1.54. The van der Waals surface area contributed by atoms with Crippen molar-refractivity contribution in [1.29, 1.82) is 0 Å². The number of halogens is 2. The summed E-state index contributed by atoms with van der Waals surface area (Å²) in [5, 5.41) is 3.26. The number of nitrogens with zero attached hydrogens (tertiary/aromatic N) is 2. The molecule has 0 spiro atoms. The summed E-state index contributed by atoms with van der Waals surface area (Å²) in [7, 11) is 3.29. The van der Waals surface area contributed by atoms with Gasteiger partial charge in [-0.05, 0) is 19.1 Å². The first-order chi connectivity index (χ1) is 9.40. The zero-order valence-corrected chi connectivity index (χ0v) is 11.4. The van der Waals surface area contributed by atoms with Crippen molar-refractivity contribution >= 4 is 22.5 Å². The Bertz CT molecular complexity index is 658. The van der Waals surface area contributed by atoms with Gasteiger partial charge < -0.3 is 10.2 Å². The maximum Gasteiger partial charge on any atom is 0.244 e. The van der Waals surface area contributed by atoms with Gasteiger partial charge in [0.15, 0.2) is 5.82 Å². The molecule has 0 saturated carbocycles. The van der Waals surface area contributed by atoms with Gasteiger partial charge in [0.05, 0.1) is 0 Å². The molecular formula is C14H15F2N3O. The van der Waals surface area contributed by atoms with Crippen LogP contribution in [0.3, 0.4) is 0 Å². The molecule has 0 aliphatic heterocycles. The second-order valence-corrected chi connectivity index (χ2v) is 4.74. The van der Waals surface area contributed by atoms with Crippen LogP contribution in [0.2, 0.25) is 0 Å². The van der Waals surface area contributed by atoms with Gasteiger partial charge in [-0.1, -0.05) is 0 Å². The lowest BCUT2D eigenvalue weighted by Crippen LogP contribution is -2.36. The summed E-state index contributed by atoms with van der Waals surface area (Å²) >= 11 is 0. The van der Waals surface area contributed by atoms with E-state index < -0.39 is 17.7 Å². The van der Waals surface area contributed by atoms with E-state index in [1.165, 1.54) is 17.2 Å². The van der Waals surface area contributed by atoms with Gasteiger partial charge in [0, 0.05) is 37.4 Å². The molecule has 0 unspecified atom stereocenters. The van der Waals surface area contributed by atoms with Gasteiger partial charge in [0.2, 0.25) is 5.91 Å². The highest BCUT2D eigenvalue weighted by atomic mass is 19.1. The van der Waals surface area contributed by atoms with E-state index >= 15 is 0 Å². The first-order valence-electron chi connectivity index (χ1n) is 6.11. The molecule has 1 amide bonds. The highest BCUT2D eigenvalue weighted by molar-refractivity contribution is 5.94. The van der Waals surface area contributed by atoms with Crippen molar-refractivity contribution < 1.29 is 13.6 Å². The fraction of sp³-hybridized carbons (Fsp3) is 0.286. The Kier molecular flexibility index (Phi) is 3.83. The third-order valence-corrected chi connectivity index (χ3v) is 2.95. The number of fused-ring (bicyclic) bond motifs is 1. The SMILES string of the molecule is C[C@H](Nc1ccnc2c(F)cc(F)cc12)C(=O)N(C)C. The molecule has 4 nitrogen and oxygen atoms in total. The van der Waals surface area contributed by atoms with Gasteiger partial charge in [-0.3, -0.25) is 9.78 Å². The molecule has 6 heteroatoms. The van der Waals surface area contributed by atoms with Crippen LogP contribution in [0, 0.1) is 11.6 Å². The number of amides is 1. The largest absolute Gasteiger partial charge is 0.373 e. The zero-order chi connectivity index (χ0) is 14.9. The molecule has 0 bridgehead atoms. The highest BCUT2D eigenvalue weighted by Crippen LogP contribution is 2.25.